The van der Waals surface area contributed by atoms with Crippen LogP contribution in [0.2, 0.25) is 23.2 Å². The zero-order chi connectivity index (χ0) is 43.3. The SMILES string of the molecule is CC(/C=C/C/C=C/[C@H]1C[C@@H]2OC(C)(C)OC[C@]2(C)[C@@H](CCO[Si](c2ccccc2)(c2ccccc2)C(C)(C)C)O1)=C\[C@@H]1O[C@H](CCO)C[C@@H](O[Si](C)(C)C(C)(C)C)[C@@H]1C. The van der Waals surface area contributed by atoms with Crippen molar-refractivity contribution in [2.24, 2.45) is 11.3 Å². The zero-order valence-corrected chi connectivity index (χ0v) is 40.8. The first-order chi connectivity index (χ1) is 27.6. The molecule has 0 unspecified atom stereocenters. The number of ether oxygens (including phenoxy) is 4. The molecule has 0 saturated carbocycles. The van der Waals surface area contributed by atoms with Crippen LogP contribution >= 0.6 is 0 Å². The highest BCUT2D eigenvalue weighted by molar-refractivity contribution is 6.99. The molecule has 0 amide bonds. The van der Waals surface area contributed by atoms with E-state index in [0.29, 0.717) is 19.6 Å². The molecule has 3 fully saturated rings. The van der Waals surface area contributed by atoms with E-state index in [1.54, 1.807) is 0 Å². The summed E-state index contributed by atoms with van der Waals surface area (Å²) in [5.74, 6) is -0.427. The molecule has 9 heteroatoms. The predicted molar refractivity (Wildman–Crippen MR) is 247 cm³/mol. The molecule has 2 aromatic rings. The van der Waals surface area contributed by atoms with Crippen LogP contribution in [-0.4, -0.2) is 84.0 Å². The molecular weight excluding hydrogens is 769 g/mol. The van der Waals surface area contributed by atoms with Gasteiger partial charge in [0.25, 0.3) is 8.32 Å². The molecule has 3 aliphatic rings. The molecule has 1 N–H and O–H groups in total. The number of benzene rings is 2. The zero-order valence-electron chi connectivity index (χ0n) is 38.8. The standard InChI is InChI=1S/C50H78O7Si2/c1-37(33-43-38(2)44(34-40(54-43)29-31-51)57-58(12,13)47(3,4)5)23-17-14-18-24-39-35-46-50(11,36-52-49(9,10)56-46)45(55-39)30-32-53-59(48(6,7)8,41-25-19-15-20-26-41)42-27-21-16-22-28-42/h15-28,33,38-40,43-46,51H,14,29-32,34-36H2,1-13H3/b23-17+,24-18+,37-33+/t38-,39+,40-,43+,44-,45-,46+,50-/m1/s1. The summed E-state index contributed by atoms with van der Waals surface area (Å²) >= 11 is 0. The molecule has 0 aromatic heterocycles. The number of allylic oxidation sites excluding steroid dienone is 4. The first kappa shape index (κ1) is 47.9. The third-order valence-electron chi connectivity index (χ3n) is 13.6. The van der Waals surface area contributed by atoms with Crippen molar-refractivity contribution in [3.05, 3.63) is 96.6 Å². The summed E-state index contributed by atoms with van der Waals surface area (Å²) in [6, 6.07) is 21.7. The fourth-order valence-electron chi connectivity index (χ4n) is 8.98. The van der Waals surface area contributed by atoms with E-state index >= 15 is 0 Å². The van der Waals surface area contributed by atoms with Crippen LogP contribution in [0.25, 0.3) is 0 Å². The fraction of sp³-hybridized carbons (Fsp3) is 0.640. The Kier molecular flexibility index (Phi) is 15.8. The van der Waals surface area contributed by atoms with Gasteiger partial charge in [-0.15, -0.1) is 0 Å². The Balaban J connectivity index is 1.28. The summed E-state index contributed by atoms with van der Waals surface area (Å²) in [6.45, 7) is 30.4. The molecule has 0 aliphatic carbocycles. The first-order valence-corrected chi connectivity index (χ1v) is 27.1. The van der Waals surface area contributed by atoms with Crippen LogP contribution in [0.5, 0.6) is 0 Å². The maximum atomic E-state index is 9.77. The van der Waals surface area contributed by atoms with Gasteiger partial charge < -0.3 is 32.9 Å². The maximum Gasteiger partial charge on any atom is 0.261 e. The molecule has 59 heavy (non-hydrogen) atoms. The smallest absolute Gasteiger partial charge is 0.261 e. The van der Waals surface area contributed by atoms with Gasteiger partial charge in [-0.2, -0.15) is 0 Å². The lowest BCUT2D eigenvalue weighted by Crippen LogP contribution is -2.67. The molecule has 0 radical (unpaired) electrons. The van der Waals surface area contributed by atoms with Crippen LogP contribution in [0.1, 0.15) is 108 Å². The second-order valence-electron chi connectivity index (χ2n) is 20.7. The number of aliphatic hydroxyl groups excluding tert-OH is 1. The third kappa shape index (κ3) is 11.4. The van der Waals surface area contributed by atoms with Gasteiger partial charge >= 0.3 is 0 Å². The van der Waals surface area contributed by atoms with Crippen LogP contribution in [-0.2, 0) is 27.8 Å². The molecule has 7 nitrogen and oxygen atoms in total. The maximum absolute atomic E-state index is 9.77. The second-order valence-corrected chi connectivity index (χ2v) is 29.8. The average Bonchev–Trinajstić information content (AvgIpc) is 3.15. The van der Waals surface area contributed by atoms with E-state index in [0.717, 1.165) is 31.3 Å². The highest BCUT2D eigenvalue weighted by atomic mass is 28.4. The van der Waals surface area contributed by atoms with Gasteiger partial charge in [0.1, 0.15) is 0 Å². The van der Waals surface area contributed by atoms with Gasteiger partial charge in [-0.3, -0.25) is 0 Å². The van der Waals surface area contributed by atoms with Gasteiger partial charge in [-0.05, 0) is 80.0 Å². The molecule has 328 valence electrons. The van der Waals surface area contributed by atoms with Gasteiger partial charge in [-0.25, -0.2) is 0 Å². The summed E-state index contributed by atoms with van der Waals surface area (Å²) < 4.78 is 40.8. The van der Waals surface area contributed by atoms with E-state index in [1.165, 1.54) is 10.4 Å². The van der Waals surface area contributed by atoms with Crippen LogP contribution in [0.3, 0.4) is 0 Å². The highest BCUT2D eigenvalue weighted by Gasteiger charge is 2.55. The lowest BCUT2D eigenvalue weighted by Gasteiger charge is -2.55. The fourth-order valence-corrected chi connectivity index (χ4v) is 15.0. The van der Waals surface area contributed by atoms with Crippen molar-refractivity contribution in [3.8, 4) is 0 Å². The van der Waals surface area contributed by atoms with Crippen molar-refractivity contribution in [1.29, 1.82) is 0 Å². The van der Waals surface area contributed by atoms with Crippen LogP contribution in [0.4, 0.5) is 0 Å². The Hall–Kier alpha value is -2.19. The first-order valence-electron chi connectivity index (χ1n) is 22.3. The van der Waals surface area contributed by atoms with E-state index in [1.807, 2.05) is 13.8 Å². The minimum absolute atomic E-state index is 0.00942. The Labute approximate surface area is 360 Å². The topological polar surface area (TPSA) is 75.6 Å². The molecule has 2 aromatic carbocycles. The van der Waals surface area contributed by atoms with Crippen molar-refractivity contribution in [1.82, 2.24) is 0 Å². The van der Waals surface area contributed by atoms with Crippen LogP contribution in [0.15, 0.2) is 96.6 Å². The van der Waals surface area contributed by atoms with Gasteiger partial charge in [0, 0.05) is 31.0 Å². The number of hydrogen-bond donors (Lipinski definition) is 1. The predicted octanol–water partition coefficient (Wildman–Crippen LogP) is 10.3. The molecule has 3 aliphatic heterocycles. The summed E-state index contributed by atoms with van der Waals surface area (Å²) in [5, 5.41) is 12.4. The van der Waals surface area contributed by atoms with Gasteiger partial charge in [0.15, 0.2) is 14.1 Å². The van der Waals surface area contributed by atoms with Crippen molar-refractivity contribution < 1.29 is 32.9 Å². The Morgan fingerprint density at radius 2 is 1.49 bits per heavy atom. The summed E-state index contributed by atoms with van der Waals surface area (Å²) in [4.78, 5) is 0. The van der Waals surface area contributed by atoms with Gasteiger partial charge in [0.2, 0.25) is 0 Å². The van der Waals surface area contributed by atoms with Crippen molar-refractivity contribution >= 4 is 27.0 Å². The van der Waals surface area contributed by atoms with E-state index in [2.05, 4.69) is 166 Å². The van der Waals surface area contributed by atoms with E-state index in [9.17, 15) is 5.11 Å². The number of aliphatic hydroxyl groups is 1. The van der Waals surface area contributed by atoms with Crippen LogP contribution < -0.4 is 10.4 Å². The number of hydrogen-bond acceptors (Lipinski definition) is 7. The van der Waals surface area contributed by atoms with Crippen LogP contribution in [0, 0.1) is 11.3 Å². The van der Waals surface area contributed by atoms with E-state index < -0.39 is 22.4 Å². The quantitative estimate of drug-likeness (QED) is 0.109. The third-order valence-corrected chi connectivity index (χ3v) is 23.2. The Bertz CT molecular complexity index is 1670. The molecule has 0 spiro atoms. The molecule has 5 rings (SSSR count). The minimum Gasteiger partial charge on any atom is -0.413 e. The molecule has 8 atom stereocenters. The number of fused-ring (bicyclic) bond motifs is 1. The normalized spacial score (nSPS) is 29.9. The summed E-state index contributed by atoms with van der Waals surface area (Å²) in [6.07, 6.45) is 14.7. The molecule has 3 saturated heterocycles. The molecule has 3 heterocycles. The minimum atomic E-state index is -2.69. The largest absolute Gasteiger partial charge is 0.413 e. The van der Waals surface area contributed by atoms with Crippen molar-refractivity contribution in [3.63, 3.8) is 0 Å². The second kappa shape index (κ2) is 19.5. The molecular formula is C50H78O7Si2. The van der Waals surface area contributed by atoms with Gasteiger partial charge in [-0.1, -0.05) is 152 Å². The van der Waals surface area contributed by atoms with Gasteiger partial charge in [0.05, 0.1) is 43.2 Å². The Morgan fingerprint density at radius 3 is 2.07 bits per heavy atom. The monoisotopic (exact) mass is 847 g/mol. The highest BCUT2D eigenvalue weighted by Crippen LogP contribution is 2.47. The van der Waals surface area contributed by atoms with E-state index in [-0.39, 0.29) is 64.6 Å². The Morgan fingerprint density at radius 1 is 0.864 bits per heavy atom. The lowest BCUT2D eigenvalue weighted by atomic mass is 9.73. The van der Waals surface area contributed by atoms with Crippen molar-refractivity contribution in [2.75, 3.05) is 19.8 Å². The average molecular weight is 847 g/mol. The summed E-state index contributed by atoms with van der Waals surface area (Å²) in [7, 11) is -4.66. The van der Waals surface area contributed by atoms with Crippen molar-refractivity contribution in [2.45, 2.75) is 174 Å². The lowest BCUT2D eigenvalue weighted by molar-refractivity contribution is -0.351. The van der Waals surface area contributed by atoms with E-state index in [4.69, 9.17) is 27.8 Å². The molecule has 0 bridgehead atoms. The number of rotatable bonds is 15. The summed E-state index contributed by atoms with van der Waals surface area (Å²) in [5.41, 5.74) is 0.856.